The number of anilines is 2. The van der Waals surface area contributed by atoms with Crippen molar-refractivity contribution in [2.45, 2.75) is 11.7 Å². The molecule has 1 saturated heterocycles. The van der Waals surface area contributed by atoms with Gasteiger partial charge in [0.1, 0.15) is 18.0 Å². The number of hydrogen-bond acceptors (Lipinski definition) is 6. The molecule has 2 atom stereocenters. The van der Waals surface area contributed by atoms with Crippen molar-refractivity contribution < 1.29 is 9.84 Å². The first-order valence-electron chi connectivity index (χ1n) is 9.15. The highest BCUT2D eigenvalue weighted by molar-refractivity contribution is 8.00. The monoisotopic (exact) mass is 408 g/mol. The third kappa shape index (κ3) is 4.56. The maximum Gasteiger partial charge on any atom is 0.351 e. The summed E-state index contributed by atoms with van der Waals surface area (Å²) in [6, 6.07) is 21.3. The number of benzene rings is 2. The van der Waals surface area contributed by atoms with Gasteiger partial charge in [-0.05, 0) is 30.3 Å². The summed E-state index contributed by atoms with van der Waals surface area (Å²) in [4.78, 5) is 22.8. The van der Waals surface area contributed by atoms with Gasteiger partial charge in [0.05, 0.1) is 6.61 Å². The third-order valence-electron chi connectivity index (χ3n) is 4.38. The summed E-state index contributed by atoms with van der Waals surface area (Å²) in [7, 11) is 0. The molecule has 0 amide bonds. The van der Waals surface area contributed by atoms with Crippen LogP contribution in [0.2, 0.25) is 0 Å². The van der Waals surface area contributed by atoms with Gasteiger partial charge in [-0.3, -0.25) is 4.57 Å². The Kier molecular flexibility index (Phi) is 6.04. The fourth-order valence-electron chi connectivity index (χ4n) is 2.96. The van der Waals surface area contributed by atoms with E-state index in [-0.39, 0.29) is 12.0 Å². The van der Waals surface area contributed by atoms with E-state index < -0.39 is 11.9 Å². The first-order valence-corrected chi connectivity index (χ1v) is 10.2. The lowest BCUT2D eigenvalue weighted by atomic mass is 10.2. The zero-order chi connectivity index (χ0) is 20.1. The van der Waals surface area contributed by atoms with Crippen molar-refractivity contribution in [3.8, 4) is 0 Å². The molecule has 0 unspecified atom stereocenters. The van der Waals surface area contributed by atoms with Gasteiger partial charge < -0.3 is 14.7 Å². The van der Waals surface area contributed by atoms with E-state index in [0.29, 0.717) is 11.6 Å². The van der Waals surface area contributed by atoms with Crippen LogP contribution in [0.1, 0.15) is 6.23 Å². The van der Waals surface area contributed by atoms with E-state index >= 15 is 0 Å². The number of aromatic nitrogens is 2. The number of thioether (sulfide) groups is 1. The van der Waals surface area contributed by atoms with Gasteiger partial charge in [0.2, 0.25) is 0 Å². The first kappa shape index (κ1) is 19.4. The van der Waals surface area contributed by atoms with Gasteiger partial charge in [0.25, 0.3) is 0 Å². The van der Waals surface area contributed by atoms with E-state index in [0.717, 1.165) is 11.4 Å². The fraction of sp³-hybridized carbons (Fsp3) is 0.190. The Morgan fingerprint density at radius 1 is 1.14 bits per heavy atom. The van der Waals surface area contributed by atoms with E-state index in [4.69, 9.17) is 4.74 Å². The number of aliphatic hydroxyl groups excluding tert-OH is 1. The predicted octanol–water partition coefficient (Wildman–Crippen LogP) is 3.32. The minimum absolute atomic E-state index is 0.0828. The molecule has 0 aliphatic carbocycles. The molecule has 3 aromatic rings. The van der Waals surface area contributed by atoms with Crippen molar-refractivity contribution in [1.82, 2.24) is 9.55 Å². The third-order valence-corrected chi connectivity index (χ3v) is 5.49. The molecule has 1 fully saturated rings. The van der Waals surface area contributed by atoms with Gasteiger partial charge in [0, 0.05) is 23.3 Å². The molecule has 2 aromatic carbocycles. The second kappa shape index (κ2) is 9.04. The summed E-state index contributed by atoms with van der Waals surface area (Å²) in [5.74, 6) is 0.901. The van der Waals surface area contributed by atoms with Crippen LogP contribution in [-0.2, 0) is 4.74 Å². The van der Waals surface area contributed by atoms with E-state index in [1.54, 1.807) is 18.6 Å². The predicted molar refractivity (Wildman–Crippen MR) is 115 cm³/mol. The summed E-state index contributed by atoms with van der Waals surface area (Å²) < 4.78 is 7.04. The van der Waals surface area contributed by atoms with Crippen molar-refractivity contribution in [1.29, 1.82) is 0 Å². The number of rotatable bonds is 6. The fourth-order valence-corrected chi connectivity index (χ4v) is 3.89. The number of para-hydroxylation sites is 2. The Morgan fingerprint density at radius 3 is 2.34 bits per heavy atom. The molecule has 0 spiro atoms. The average Bonchev–Trinajstić information content (AvgIpc) is 3.24. The molecule has 0 radical (unpaired) electrons. The van der Waals surface area contributed by atoms with Gasteiger partial charge in [-0.15, -0.1) is 11.8 Å². The number of aliphatic imine (C=N–C) groups is 1. The number of aliphatic hydroxyl groups is 1. The highest BCUT2D eigenvalue weighted by Gasteiger charge is 2.27. The molecule has 1 aliphatic heterocycles. The van der Waals surface area contributed by atoms with Crippen LogP contribution in [0.5, 0.6) is 0 Å². The van der Waals surface area contributed by atoms with Crippen molar-refractivity contribution in [3.05, 3.63) is 83.4 Å². The van der Waals surface area contributed by atoms with Crippen molar-refractivity contribution >= 4 is 35.3 Å². The SMILES string of the molecule is O=c1nc(N=CN(c2ccccc2)c2ccccc2)ccn1[C@@H]1CS[C@H](CO)O1. The average molecular weight is 408 g/mol. The zero-order valence-electron chi connectivity index (χ0n) is 15.5. The molecule has 0 saturated carbocycles. The summed E-state index contributed by atoms with van der Waals surface area (Å²) in [6.45, 7) is -0.0828. The van der Waals surface area contributed by atoms with Crippen LogP contribution in [0.4, 0.5) is 17.2 Å². The molecule has 1 aromatic heterocycles. The Balaban J connectivity index is 1.58. The van der Waals surface area contributed by atoms with Gasteiger partial charge >= 0.3 is 5.69 Å². The Labute approximate surface area is 172 Å². The molecular weight excluding hydrogens is 388 g/mol. The maximum atomic E-state index is 12.4. The number of nitrogens with zero attached hydrogens (tertiary/aromatic N) is 4. The lowest BCUT2D eigenvalue weighted by Gasteiger charge is -2.19. The molecular formula is C21H20N4O3S. The van der Waals surface area contributed by atoms with Crippen LogP contribution < -0.4 is 10.6 Å². The lowest BCUT2D eigenvalue weighted by molar-refractivity contribution is -0.00630. The summed E-state index contributed by atoms with van der Waals surface area (Å²) in [5.41, 5.74) is 1.15. The Bertz CT molecular complexity index is 987. The smallest absolute Gasteiger partial charge is 0.351 e. The molecule has 1 N–H and O–H groups in total. The molecule has 29 heavy (non-hydrogen) atoms. The lowest BCUT2D eigenvalue weighted by Crippen LogP contribution is -2.28. The topological polar surface area (TPSA) is 80.0 Å². The summed E-state index contributed by atoms with van der Waals surface area (Å²) in [5, 5.41) is 9.18. The molecule has 8 heteroatoms. The molecule has 0 bridgehead atoms. The number of ether oxygens (including phenoxy) is 1. The molecule has 2 heterocycles. The zero-order valence-corrected chi connectivity index (χ0v) is 16.4. The van der Waals surface area contributed by atoms with Crippen molar-refractivity contribution in [2.75, 3.05) is 17.3 Å². The van der Waals surface area contributed by atoms with Crippen LogP contribution in [-0.4, -0.2) is 38.8 Å². The van der Waals surface area contributed by atoms with Crippen molar-refractivity contribution in [2.24, 2.45) is 4.99 Å². The molecule has 148 valence electrons. The van der Waals surface area contributed by atoms with Gasteiger partial charge in [0.15, 0.2) is 5.82 Å². The minimum atomic E-state index is -0.435. The van der Waals surface area contributed by atoms with Gasteiger partial charge in [-0.25, -0.2) is 9.79 Å². The highest BCUT2D eigenvalue weighted by atomic mass is 32.2. The molecule has 1 aliphatic rings. The summed E-state index contributed by atoms with van der Waals surface area (Å²) >= 11 is 1.47. The van der Waals surface area contributed by atoms with E-state index in [9.17, 15) is 9.90 Å². The largest absolute Gasteiger partial charge is 0.393 e. The normalized spacial score (nSPS) is 18.9. The standard InChI is InChI=1S/C21H20N4O3S/c26-13-20-28-19(14-29-20)24-12-11-18(23-21(24)27)22-15-25(16-7-3-1-4-8-16)17-9-5-2-6-10-17/h1-12,15,19-20,26H,13-14H2/t19-,20+/m0/s1. The minimum Gasteiger partial charge on any atom is -0.393 e. The molecule has 4 rings (SSSR count). The van der Waals surface area contributed by atoms with E-state index in [2.05, 4.69) is 9.98 Å². The van der Waals surface area contributed by atoms with Crippen LogP contribution in [0.3, 0.4) is 0 Å². The quantitative estimate of drug-likeness (QED) is 0.498. The van der Waals surface area contributed by atoms with Crippen molar-refractivity contribution in [3.63, 3.8) is 0 Å². The maximum absolute atomic E-state index is 12.4. The van der Waals surface area contributed by atoms with Crippen LogP contribution >= 0.6 is 11.8 Å². The second-order valence-electron chi connectivity index (χ2n) is 6.30. The van der Waals surface area contributed by atoms with Crippen LogP contribution in [0.25, 0.3) is 0 Å². The van der Waals surface area contributed by atoms with Crippen LogP contribution in [0.15, 0.2) is 82.7 Å². The second-order valence-corrected chi connectivity index (χ2v) is 7.49. The van der Waals surface area contributed by atoms with E-state index in [1.807, 2.05) is 65.6 Å². The Hall–Kier alpha value is -2.94. The van der Waals surface area contributed by atoms with Gasteiger partial charge in [-0.1, -0.05) is 36.4 Å². The highest BCUT2D eigenvalue weighted by Crippen LogP contribution is 2.30. The Morgan fingerprint density at radius 2 is 1.79 bits per heavy atom. The van der Waals surface area contributed by atoms with Gasteiger partial charge in [-0.2, -0.15) is 4.98 Å². The van der Waals surface area contributed by atoms with Crippen LogP contribution in [0, 0.1) is 0 Å². The first-order chi connectivity index (χ1) is 14.2. The van der Waals surface area contributed by atoms with E-state index in [1.165, 1.54) is 16.3 Å². The summed E-state index contributed by atoms with van der Waals surface area (Å²) in [6.07, 6.45) is 2.85. The number of hydrogen-bond donors (Lipinski definition) is 1. The molecule has 7 nitrogen and oxygen atoms in total.